The molecule has 154 valence electrons. The van der Waals surface area contributed by atoms with Gasteiger partial charge in [0.05, 0.1) is 12.7 Å². The second-order valence-corrected chi connectivity index (χ2v) is 7.92. The molecule has 2 atom stereocenters. The number of ether oxygens (including phenoxy) is 2. The number of rotatable bonds is 17. The summed E-state index contributed by atoms with van der Waals surface area (Å²) in [5.74, 6) is -0.0806. The maximum Gasteiger partial charge on any atom is 0.303 e. The summed E-state index contributed by atoms with van der Waals surface area (Å²) in [4.78, 5) is 10.5. The SMILES string of the molecule is CCCCCCCCC1COCOC1CCCCCCCCCC(=O)O. The van der Waals surface area contributed by atoms with E-state index < -0.39 is 5.97 Å². The topological polar surface area (TPSA) is 55.8 Å². The zero-order valence-electron chi connectivity index (χ0n) is 17.1. The van der Waals surface area contributed by atoms with Gasteiger partial charge in [0.1, 0.15) is 6.79 Å². The molecule has 1 rings (SSSR count). The number of carbonyl (C=O) groups is 1. The van der Waals surface area contributed by atoms with Crippen molar-refractivity contribution >= 4 is 5.97 Å². The number of hydrogen-bond acceptors (Lipinski definition) is 3. The van der Waals surface area contributed by atoms with E-state index in [2.05, 4.69) is 6.92 Å². The third-order valence-electron chi connectivity index (χ3n) is 5.53. The smallest absolute Gasteiger partial charge is 0.303 e. The van der Waals surface area contributed by atoms with Crippen LogP contribution in [0, 0.1) is 5.92 Å². The Kier molecular flexibility index (Phi) is 14.9. The minimum Gasteiger partial charge on any atom is -0.481 e. The van der Waals surface area contributed by atoms with Crippen LogP contribution < -0.4 is 0 Å². The Morgan fingerprint density at radius 1 is 0.846 bits per heavy atom. The molecule has 1 heterocycles. The Labute approximate surface area is 161 Å². The van der Waals surface area contributed by atoms with Gasteiger partial charge in [-0.3, -0.25) is 4.79 Å². The van der Waals surface area contributed by atoms with Gasteiger partial charge in [-0.2, -0.15) is 0 Å². The normalized spacial score (nSPS) is 20.3. The maximum atomic E-state index is 10.5. The molecule has 0 amide bonds. The highest BCUT2D eigenvalue weighted by atomic mass is 16.7. The third-order valence-corrected chi connectivity index (χ3v) is 5.53. The van der Waals surface area contributed by atoms with Crippen molar-refractivity contribution in [1.29, 1.82) is 0 Å². The van der Waals surface area contributed by atoms with Crippen molar-refractivity contribution in [3.63, 3.8) is 0 Å². The van der Waals surface area contributed by atoms with E-state index in [0.29, 0.717) is 25.2 Å². The molecule has 1 N–H and O–H groups in total. The van der Waals surface area contributed by atoms with Crippen LogP contribution in [-0.2, 0) is 14.3 Å². The number of hydrogen-bond donors (Lipinski definition) is 1. The Morgan fingerprint density at radius 2 is 1.42 bits per heavy atom. The fourth-order valence-electron chi connectivity index (χ4n) is 3.86. The quantitative estimate of drug-likeness (QED) is 0.304. The largest absolute Gasteiger partial charge is 0.481 e. The highest BCUT2D eigenvalue weighted by molar-refractivity contribution is 5.66. The average molecular weight is 371 g/mol. The van der Waals surface area contributed by atoms with Crippen molar-refractivity contribution in [3.8, 4) is 0 Å². The van der Waals surface area contributed by atoms with Crippen molar-refractivity contribution in [3.05, 3.63) is 0 Å². The predicted octanol–water partition coefficient (Wildman–Crippen LogP) is 6.32. The molecule has 2 unspecified atom stereocenters. The van der Waals surface area contributed by atoms with Crippen molar-refractivity contribution in [2.75, 3.05) is 13.4 Å². The van der Waals surface area contributed by atoms with Gasteiger partial charge in [-0.05, 0) is 19.3 Å². The third kappa shape index (κ3) is 12.7. The van der Waals surface area contributed by atoms with Gasteiger partial charge in [-0.15, -0.1) is 0 Å². The molecule has 1 aliphatic heterocycles. The molecule has 4 heteroatoms. The van der Waals surface area contributed by atoms with Crippen LogP contribution in [0.25, 0.3) is 0 Å². The van der Waals surface area contributed by atoms with Gasteiger partial charge in [0.25, 0.3) is 0 Å². The van der Waals surface area contributed by atoms with E-state index in [4.69, 9.17) is 14.6 Å². The van der Waals surface area contributed by atoms with E-state index in [0.717, 1.165) is 19.4 Å². The van der Waals surface area contributed by atoms with Crippen molar-refractivity contribution in [1.82, 2.24) is 0 Å². The zero-order chi connectivity index (χ0) is 18.9. The van der Waals surface area contributed by atoms with Crippen LogP contribution in [0.4, 0.5) is 0 Å². The lowest BCUT2D eigenvalue weighted by Crippen LogP contribution is -2.34. The van der Waals surface area contributed by atoms with Gasteiger partial charge in [-0.1, -0.05) is 84.0 Å². The zero-order valence-corrected chi connectivity index (χ0v) is 17.1. The molecule has 0 aromatic rings. The van der Waals surface area contributed by atoms with Crippen LogP contribution in [-0.4, -0.2) is 30.6 Å². The summed E-state index contributed by atoms with van der Waals surface area (Å²) in [7, 11) is 0. The molecular weight excluding hydrogens is 328 g/mol. The molecule has 0 aliphatic carbocycles. The molecule has 0 aromatic carbocycles. The first kappa shape index (κ1) is 23.4. The standard InChI is InChI=1S/C22H42O4/c1-2-3-4-5-9-12-15-20-18-25-19-26-21(20)16-13-10-7-6-8-11-14-17-22(23)24/h20-21H,2-19H2,1H3,(H,23,24). The highest BCUT2D eigenvalue weighted by Gasteiger charge is 2.25. The number of unbranched alkanes of at least 4 members (excludes halogenated alkanes) is 11. The van der Waals surface area contributed by atoms with Gasteiger partial charge in [0.15, 0.2) is 0 Å². The molecule has 0 spiro atoms. The van der Waals surface area contributed by atoms with Crippen LogP contribution in [0.15, 0.2) is 0 Å². The lowest BCUT2D eigenvalue weighted by molar-refractivity contribution is -0.173. The maximum absolute atomic E-state index is 10.5. The summed E-state index contributed by atoms with van der Waals surface area (Å²) < 4.78 is 11.4. The van der Waals surface area contributed by atoms with E-state index in [9.17, 15) is 4.79 Å². The summed E-state index contributed by atoms with van der Waals surface area (Å²) in [6.45, 7) is 3.62. The summed E-state index contributed by atoms with van der Waals surface area (Å²) in [5.41, 5.74) is 0. The van der Waals surface area contributed by atoms with Crippen LogP contribution in [0.5, 0.6) is 0 Å². The molecule has 0 aromatic heterocycles. The number of carboxylic acids is 1. The molecule has 1 saturated heterocycles. The van der Waals surface area contributed by atoms with E-state index in [-0.39, 0.29) is 0 Å². The molecule has 0 saturated carbocycles. The number of carboxylic acid groups (broad SMARTS) is 1. The monoisotopic (exact) mass is 370 g/mol. The predicted molar refractivity (Wildman–Crippen MR) is 106 cm³/mol. The van der Waals surface area contributed by atoms with Gasteiger partial charge in [0.2, 0.25) is 0 Å². The summed E-state index contributed by atoms with van der Waals surface area (Å²) in [5, 5.41) is 8.61. The summed E-state index contributed by atoms with van der Waals surface area (Å²) >= 11 is 0. The lowest BCUT2D eigenvalue weighted by Gasteiger charge is -2.32. The molecule has 1 fully saturated rings. The van der Waals surface area contributed by atoms with Gasteiger partial charge < -0.3 is 14.6 Å². The average Bonchev–Trinajstić information content (AvgIpc) is 2.64. The second-order valence-electron chi connectivity index (χ2n) is 7.92. The Morgan fingerprint density at radius 3 is 2.08 bits per heavy atom. The molecule has 1 aliphatic rings. The van der Waals surface area contributed by atoms with Crippen LogP contribution in [0.1, 0.15) is 110 Å². The van der Waals surface area contributed by atoms with Crippen LogP contribution in [0.2, 0.25) is 0 Å². The minimum atomic E-state index is -0.669. The summed E-state index contributed by atoms with van der Waals surface area (Å²) in [6, 6.07) is 0. The Hall–Kier alpha value is -0.610. The number of aliphatic carboxylic acids is 1. The summed E-state index contributed by atoms with van der Waals surface area (Å²) in [6.07, 6.45) is 19.3. The van der Waals surface area contributed by atoms with Crippen molar-refractivity contribution in [2.45, 2.75) is 116 Å². The Bertz CT molecular complexity index is 332. The van der Waals surface area contributed by atoms with E-state index in [1.54, 1.807) is 0 Å². The molecule has 4 nitrogen and oxygen atoms in total. The van der Waals surface area contributed by atoms with E-state index in [1.165, 1.54) is 83.5 Å². The molecule has 0 bridgehead atoms. The second kappa shape index (κ2) is 16.6. The molecule has 26 heavy (non-hydrogen) atoms. The molecule has 0 radical (unpaired) electrons. The van der Waals surface area contributed by atoms with Crippen molar-refractivity contribution in [2.24, 2.45) is 5.92 Å². The fourth-order valence-corrected chi connectivity index (χ4v) is 3.86. The fraction of sp³-hybridized carbons (Fsp3) is 0.955. The minimum absolute atomic E-state index is 0.321. The van der Waals surface area contributed by atoms with Gasteiger partial charge >= 0.3 is 5.97 Å². The highest BCUT2D eigenvalue weighted by Crippen LogP contribution is 2.25. The van der Waals surface area contributed by atoms with Gasteiger partial charge in [0, 0.05) is 12.3 Å². The van der Waals surface area contributed by atoms with E-state index >= 15 is 0 Å². The first-order valence-corrected chi connectivity index (χ1v) is 11.1. The lowest BCUT2D eigenvalue weighted by atomic mass is 9.91. The van der Waals surface area contributed by atoms with Gasteiger partial charge in [-0.25, -0.2) is 0 Å². The Balaban J connectivity index is 1.99. The molecular formula is C22H42O4. The van der Waals surface area contributed by atoms with Crippen molar-refractivity contribution < 1.29 is 19.4 Å². The first-order valence-electron chi connectivity index (χ1n) is 11.1. The van der Waals surface area contributed by atoms with Crippen LogP contribution >= 0.6 is 0 Å². The van der Waals surface area contributed by atoms with E-state index in [1.807, 2.05) is 0 Å². The first-order chi connectivity index (χ1) is 12.7. The van der Waals surface area contributed by atoms with Crippen LogP contribution in [0.3, 0.4) is 0 Å².